The van der Waals surface area contributed by atoms with Crippen molar-refractivity contribution in [1.82, 2.24) is 5.32 Å². The summed E-state index contributed by atoms with van der Waals surface area (Å²) < 4.78 is 5.14. The van der Waals surface area contributed by atoms with Crippen LogP contribution in [0.4, 0.5) is 5.69 Å². The van der Waals surface area contributed by atoms with Crippen molar-refractivity contribution in [3.63, 3.8) is 0 Å². The number of nitrogens with zero attached hydrogens (tertiary/aromatic N) is 1. The van der Waals surface area contributed by atoms with Gasteiger partial charge in [-0.1, -0.05) is 23.7 Å². The highest BCUT2D eigenvalue weighted by atomic mass is 35.5. The van der Waals surface area contributed by atoms with Gasteiger partial charge in [0, 0.05) is 0 Å². The van der Waals surface area contributed by atoms with Crippen molar-refractivity contribution in [1.29, 1.82) is 0 Å². The summed E-state index contributed by atoms with van der Waals surface area (Å²) >= 11 is 11.2. The number of furan rings is 1. The predicted molar refractivity (Wildman–Crippen MR) is 86.4 cm³/mol. The van der Waals surface area contributed by atoms with E-state index in [-0.39, 0.29) is 10.7 Å². The van der Waals surface area contributed by atoms with Crippen molar-refractivity contribution < 1.29 is 14.0 Å². The number of para-hydroxylation sites is 1. The van der Waals surface area contributed by atoms with Crippen molar-refractivity contribution in [3.8, 4) is 0 Å². The average molecular weight is 333 g/mol. The monoisotopic (exact) mass is 332 g/mol. The minimum absolute atomic E-state index is 0.0142. The van der Waals surface area contributed by atoms with Crippen LogP contribution in [0.2, 0.25) is 5.02 Å². The van der Waals surface area contributed by atoms with Gasteiger partial charge < -0.3 is 4.42 Å². The summed E-state index contributed by atoms with van der Waals surface area (Å²) in [5.74, 6) is -0.738. The minimum atomic E-state index is -0.574. The number of hydrogen-bond acceptors (Lipinski definition) is 4. The van der Waals surface area contributed by atoms with E-state index in [9.17, 15) is 9.59 Å². The fourth-order valence-corrected chi connectivity index (χ4v) is 2.52. The quantitative estimate of drug-likeness (QED) is 0.522. The molecule has 2 heterocycles. The zero-order chi connectivity index (χ0) is 15.7. The molecule has 3 rings (SSSR count). The van der Waals surface area contributed by atoms with E-state index in [4.69, 9.17) is 28.2 Å². The topological polar surface area (TPSA) is 62.6 Å². The van der Waals surface area contributed by atoms with Crippen LogP contribution in [-0.2, 0) is 9.59 Å². The van der Waals surface area contributed by atoms with Crippen LogP contribution in [0, 0.1) is 0 Å². The van der Waals surface area contributed by atoms with Crippen molar-refractivity contribution >= 4 is 52.5 Å². The summed E-state index contributed by atoms with van der Waals surface area (Å²) in [5.41, 5.74) is 0.327. The van der Waals surface area contributed by atoms with Gasteiger partial charge in [0.2, 0.25) is 0 Å². The molecular formula is C15H9ClN2O3S. The molecule has 1 aliphatic rings. The van der Waals surface area contributed by atoms with Crippen LogP contribution < -0.4 is 10.2 Å². The van der Waals surface area contributed by atoms with Gasteiger partial charge in [0.25, 0.3) is 11.8 Å². The molecule has 1 N–H and O–H groups in total. The number of rotatable bonds is 2. The first-order chi connectivity index (χ1) is 10.6. The molecular weight excluding hydrogens is 324 g/mol. The molecule has 0 bridgehead atoms. The summed E-state index contributed by atoms with van der Waals surface area (Å²) in [7, 11) is 0. The molecule has 1 aliphatic heterocycles. The molecule has 110 valence electrons. The molecule has 2 amide bonds. The number of halogens is 1. The van der Waals surface area contributed by atoms with Gasteiger partial charge in [-0.15, -0.1) is 0 Å². The molecule has 7 heteroatoms. The van der Waals surface area contributed by atoms with Crippen molar-refractivity contribution in [3.05, 3.63) is 59.0 Å². The maximum Gasteiger partial charge on any atom is 0.270 e. The molecule has 0 unspecified atom stereocenters. The van der Waals surface area contributed by atoms with E-state index in [2.05, 4.69) is 5.32 Å². The first-order valence-electron chi connectivity index (χ1n) is 6.27. The first-order valence-corrected chi connectivity index (χ1v) is 7.06. The van der Waals surface area contributed by atoms with Gasteiger partial charge in [-0.2, -0.15) is 0 Å². The minimum Gasteiger partial charge on any atom is -0.465 e. The van der Waals surface area contributed by atoms with Gasteiger partial charge >= 0.3 is 0 Å². The van der Waals surface area contributed by atoms with Crippen LogP contribution in [0.3, 0.4) is 0 Å². The Kier molecular flexibility index (Phi) is 3.79. The van der Waals surface area contributed by atoms with E-state index in [1.165, 1.54) is 17.2 Å². The number of thiocarbonyl (C=S) groups is 1. The smallest absolute Gasteiger partial charge is 0.270 e. The highest BCUT2D eigenvalue weighted by Crippen LogP contribution is 2.28. The van der Waals surface area contributed by atoms with Crippen LogP contribution in [0.15, 0.2) is 52.7 Å². The normalized spacial score (nSPS) is 17.0. The highest BCUT2D eigenvalue weighted by molar-refractivity contribution is 7.80. The number of carbonyl (C=O) groups excluding carboxylic acids is 2. The third-order valence-corrected chi connectivity index (χ3v) is 3.63. The van der Waals surface area contributed by atoms with E-state index < -0.39 is 11.8 Å². The van der Waals surface area contributed by atoms with E-state index in [1.807, 2.05) is 0 Å². The summed E-state index contributed by atoms with van der Waals surface area (Å²) in [6.07, 6.45) is 2.82. The van der Waals surface area contributed by atoms with Gasteiger partial charge in [-0.05, 0) is 42.6 Å². The third kappa shape index (κ3) is 2.54. The van der Waals surface area contributed by atoms with Crippen molar-refractivity contribution in [2.24, 2.45) is 0 Å². The summed E-state index contributed by atoms with van der Waals surface area (Å²) in [6, 6.07) is 10.0. The van der Waals surface area contributed by atoms with Gasteiger partial charge in [0.05, 0.1) is 17.0 Å². The molecule has 1 saturated heterocycles. The van der Waals surface area contributed by atoms with Gasteiger partial charge in [-0.3, -0.25) is 19.8 Å². The Balaban J connectivity index is 2.05. The zero-order valence-corrected chi connectivity index (χ0v) is 12.6. The number of nitrogens with one attached hydrogen (secondary N) is 1. The number of carbonyl (C=O) groups is 2. The molecule has 0 radical (unpaired) electrons. The molecule has 22 heavy (non-hydrogen) atoms. The lowest BCUT2D eigenvalue weighted by atomic mass is 10.1. The van der Waals surface area contributed by atoms with Crippen molar-refractivity contribution in [2.45, 2.75) is 0 Å². The Morgan fingerprint density at radius 2 is 1.95 bits per heavy atom. The van der Waals surface area contributed by atoms with Crippen molar-refractivity contribution in [2.75, 3.05) is 4.90 Å². The van der Waals surface area contributed by atoms with E-state index >= 15 is 0 Å². The standard InChI is InChI=1S/C15H9ClN2O3S/c16-11-5-1-2-6-12(11)18-14(20)10(13(19)17-15(18)22)8-9-4-3-7-21-9/h1-8H,(H,17,19,22)/b10-8+. The van der Waals surface area contributed by atoms with Crippen LogP contribution in [0.1, 0.15) is 5.76 Å². The van der Waals surface area contributed by atoms with Gasteiger partial charge in [0.1, 0.15) is 11.3 Å². The second-order valence-corrected chi connectivity index (χ2v) is 5.22. The second kappa shape index (κ2) is 5.75. The van der Waals surface area contributed by atoms with Crippen LogP contribution >= 0.6 is 23.8 Å². The molecule has 1 aromatic heterocycles. The Hall–Kier alpha value is -2.44. The molecule has 1 fully saturated rings. The Labute approximate surface area is 136 Å². The number of amides is 2. The fourth-order valence-electron chi connectivity index (χ4n) is 2.02. The molecule has 1 aromatic carbocycles. The maximum atomic E-state index is 12.6. The Morgan fingerprint density at radius 3 is 2.64 bits per heavy atom. The largest absolute Gasteiger partial charge is 0.465 e. The SMILES string of the molecule is O=C1NC(=S)N(c2ccccc2Cl)C(=O)/C1=C/c1ccco1. The van der Waals surface area contributed by atoms with Crippen LogP contribution in [-0.4, -0.2) is 16.9 Å². The molecule has 2 aromatic rings. The average Bonchev–Trinajstić information content (AvgIpc) is 2.98. The zero-order valence-electron chi connectivity index (χ0n) is 11.1. The number of hydrogen-bond donors (Lipinski definition) is 1. The van der Waals surface area contributed by atoms with E-state index in [1.54, 1.807) is 36.4 Å². The highest BCUT2D eigenvalue weighted by Gasteiger charge is 2.35. The lowest BCUT2D eigenvalue weighted by Gasteiger charge is -2.29. The Morgan fingerprint density at radius 1 is 1.18 bits per heavy atom. The molecule has 0 atom stereocenters. The lowest BCUT2D eigenvalue weighted by molar-refractivity contribution is -0.122. The van der Waals surface area contributed by atoms with Gasteiger partial charge in [0.15, 0.2) is 5.11 Å². The summed E-state index contributed by atoms with van der Waals surface area (Å²) in [6.45, 7) is 0. The van der Waals surface area contributed by atoms with E-state index in [0.717, 1.165) is 0 Å². The number of anilines is 1. The first kappa shape index (κ1) is 14.5. The second-order valence-electron chi connectivity index (χ2n) is 4.42. The third-order valence-electron chi connectivity index (χ3n) is 3.02. The molecule has 0 aliphatic carbocycles. The lowest BCUT2D eigenvalue weighted by Crippen LogP contribution is -2.54. The van der Waals surface area contributed by atoms with Crippen LogP contribution in [0.5, 0.6) is 0 Å². The molecule has 0 saturated carbocycles. The fraction of sp³-hybridized carbons (Fsp3) is 0. The van der Waals surface area contributed by atoms with Gasteiger partial charge in [-0.25, -0.2) is 0 Å². The Bertz CT molecular complexity index is 799. The predicted octanol–water partition coefficient (Wildman–Crippen LogP) is 2.76. The molecule has 0 spiro atoms. The summed E-state index contributed by atoms with van der Waals surface area (Å²) in [4.78, 5) is 25.8. The van der Waals surface area contributed by atoms with Crippen LogP contribution in [0.25, 0.3) is 6.08 Å². The molecule has 5 nitrogen and oxygen atoms in total. The van der Waals surface area contributed by atoms with E-state index in [0.29, 0.717) is 16.5 Å². The number of benzene rings is 1. The summed E-state index contributed by atoms with van der Waals surface area (Å²) in [5, 5.41) is 2.82. The maximum absolute atomic E-state index is 12.6.